The molecule has 2 aromatic rings. The summed E-state index contributed by atoms with van der Waals surface area (Å²) in [5.41, 5.74) is 0.179. The minimum Gasteiger partial charge on any atom is -0.373 e. The fourth-order valence-corrected chi connectivity index (χ4v) is 2.99. The van der Waals surface area contributed by atoms with Crippen LogP contribution < -0.4 is 0 Å². The van der Waals surface area contributed by atoms with Gasteiger partial charge >= 0.3 is 0 Å². The first-order chi connectivity index (χ1) is 12.2. The SMILES string of the molecule is FC(F)[C@]1(COCc2ccccc2)OCC[C@@H]1OCc1ccccc1. The quantitative estimate of drug-likeness (QED) is 0.715. The third-order valence-corrected chi connectivity index (χ3v) is 4.40. The molecule has 0 amide bonds. The minimum absolute atomic E-state index is 0.195. The lowest BCUT2D eigenvalue weighted by molar-refractivity contribution is -0.196. The van der Waals surface area contributed by atoms with E-state index >= 15 is 0 Å². The van der Waals surface area contributed by atoms with Crippen LogP contribution in [-0.4, -0.2) is 31.3 Å². The molecule has 2 atom stereocenters. The first-order valence-corrected chi connectivity index (χ1v) is 8.40. The minimum atomic E-state index is -2.67. The maximum Gasteiger partial charge on any atom is 0.271 e. The maximum atomic E-state index is 13.8. The van der Waals surface area contributed by atoms with Gasteiger partial charge in [0.05, 0.1) is 32.5 Å². The normalized spacial score (nSPS) is 23.2. The van der Waals surface area contributed by atoms with E-state index in [0.29, 0.717) is 6.42 Å². The maximum absolute atomic E-state index is 13.8. The monoisotopic (exact) mass is 348 g/mol. The summed E-state index contributed by atoms with van der Waals surface area (Å²) in [5, 5.41) is 0. The number of hydrogen-bond donors (Lipinski definition) is 0. The Kier molecular flexibility index (Phi) is 6.13. The largest absolute Gasteiger partial charge is 0.373 e. The van der Waals surface area contributed by atoms with Gasteiger partial charge in [0, 0.05) is 6.42 Å². The molecule has 0 aromatic heterocycles. The Morgan fingerprint density at radius 3 is 2.16 bits per heavy atom. The summed E-state index contributed by atoms with van der Waals surface area (Å²) < 4.78 is 44.4. The first kappa shape index (κ1) is 18.0. The predicted octanol–water partition coefficient (Wildman–Crippen LogP) is 4.21. The van der Waals surface area contributed by atoms with Gasteiger partial charge < -0.3 is 14.2 Å². The fraction of sp³-hybridized carbons (Fsp3) is 0.400. The van der Waals surface area contributed by atoms with Crippen LogP contribution in [0.2, 0.25) is 0 Å². The van der Waals surface area contributed by atoms with E-state index in [0.717, 1.165) is 11.1 Å². The average Bonchev–Trinajstić information content (AvgIpc) is 3.06. The van der Waals surface area contributed by atoms with Crippen molar-refractivity contribution in [3.8, 4) is 0 Å². The smallest absolute Gasteiger partial charge is 0.271 e. The summed E-state index contributed by atoms with van der Waals surface area (Å²) in [5.74, 6) is 0. The Morgan fingerprint density at radius 2 is 1.56 bits per heavy atom. The molecule has 0 spiro atoms. The number of hydrogen-bond acceptors (Lipinski definition) is 3. The van der Waals surface area contributed by atoms with Gasteiger partial charge in [0.1, 0.15) is 0 Å². The molecule has 134 valence electrons. The van der Waals surface area contributed by atoms with Crippen LogP contribution in [-0.2, 0) is 27.4 Å². The van der Waals surface area contributed by atoms with E-state index < -0.39 is 18.1 Å². The third kappa shape index (κ3) is 4.42. The van der Waals surface area contributed by atoms with Gasteiger partial charge in [-0.05, 0) is 11.1 Å². The van der Waals surface area contributed by atoms with Crippen molar-refractivity contribution in [3.05, 3.63) is 71.8 Å². The summed E-state index contributed by atoms with van der Waals surface area (Å²) in [6, 6.07) is 19.0. The molecule has 0 bridgehead atoms. The molecule has 3 rings (SSSR count). The van der Waals surface area contributed by atoms with Gasteiger partial charge in [-0.15, -0.1) is 0 Å². The highest BCUT2D eigenvalue weighted by Gasteiger charge is 2.53. The molecule has 0 radical (unpaired) electrons. The Morgan fingerprint density at radius 1 is 0.960 bits per heavy atom. The van der Waals surface area contributed by atoms with E-state index in [2.05, 4.69) is 0 Å². The summed E-state index contributed by atoms with van der Waals surface area (Å²) in [6.07, 6.45) is -2.93. The Hall–Kier alpha value is -1.82. The second-order valence-corrected chi connectivity index (χ2v) is 6.16. The van der Waals surface area contributed by atoms with Gasteiger partial charge in [-0.25, -0.2) is 8.78 Å². The average molecular weight is 348 g/mol. The first-order valence-electron chi connectivity index (χ1n) is 8.40. The molecule has 0 unspecified atom stereocenters. The van der Waals surface area contributed by atoms with Crippen molar-refractivity contribution in [2.24, 2.45) is 0 Å². The number of rotatable bonds is 8. The number of alkyl halides is 2. The van der Waals surface area contributed by atoms with Crippen molar-refractivity contribution < 1.29 is 23.0 Å². The summed E-state index contributed by atoms with van der Waals surface area (Å²) in [4.78, 5) is 0. The highest BCUT2D eigenvalue weighted by molar-refractivity contribution is 5.14. The zero-order valence-corrected chi connectivity index (χ0v) is 13.9. The van der Waals surface area contributed by atoms with E-state index in [1.165, 1.54) is 0 Å². The molecule has 3 nitrogen and oxygen atoms in total. The van der Waals surface area contributed by atoms with E-state index in [9.17, 15) is 8.78 Å². The van der Waals surface area contributed by atoms with E-state index in [4.69, 9.17) is 14.2 Å². The second-order valence-electron chi connectivity index (χ2n) is 6.16. The molecule has 1 fully saturated rings. The van der Waals surface area contributed by atoms with Gasteiger partial charge in [-0.1, -0.05) is 60.7 Å². The zero-order valence-electron chi connectivity index (χ0n) is 13.9. The van der Waals surface area contributed by atoms with Crippen molar-refractivity contribution in [2.45, 2.75) is 37.8 Å². The van der Waals surface area contributed by atoms with E-state index in [1.54, 1.807) is 0 Å². The molecule has 0 aliphatic carbocycles. The molecule has 25 heavy (non-hydrogen) atoms. The lowest BCUT2D eigenvalue weighted by atomic mass is 9.98. The van der Waals surface area contributed by atoms with E-state index in [-0.39, 0.29) is 26.4 Å². The summed E-state index contributed by atoms with van der Waals surface area (Å²) >= 11 is 0. The zero-order chi connectivity index (χ0) is 17.5. The predicted molar refractivity (Wildman–Crippen MR) is 90.4 cm³/mol. The number of ether oxygens (including phenoxy) is 3. The van der Waals surface area contributed by atoms with Gasteiger partial charge in [0.25, 0.3) is 6.43 Å². The standard InChI is InChI=1S/C20H22F2O3/c21-19(22)20(15-23-13-16-7-3-1-4-8-16)18(11-12-25-20)24-14-17-9-5-2-6-10-17/h1-10,18-19H,11-15H2/t18-,20+/m0/s1. The van der Waals surface area contributed by atoms with Crippen molar-refractivity contribution >= 4 is 0 Å². The van der Waals surface area contributed by atoms with Crippen LogP contribution in [0.3, 0.4) is 0 Å². The van der Waals surface area contributed by atoms with Gasteiger partial charge in [-0.3, -0.25) is 0 Å². The molecule has 1 saturated heterocycles. The van der Waals surface area contributed by atoms with Gasteiger partial charge in [0.2, 0.25) is 0 Å². The van der Waals surface area contributed by atoms with E-state index in [1.807, 2.05) is 60.7 Å². The Labute approximate surface area is 146 Å². The lowest BCUT2D eigenvalue weighted by Gasteiger charge is -2.33. The van der Waals surface area contributed by atoms with Crippen LogP contribution in [0, 0.1) is 0 Å². The van der Waals surface area contributed by atoms with Gasteiger partial charge in [-0.2, -0.15) is 0 Å². The van der Waals surface area contributed by atoms with Crippen molar-refractivity contribution in [1.82, 2.24) is 0 Å². The molecule has 0 N–H and O–H groups in total. The molecule has 1 aliphatic rings. The van der Waals surface area contributed by atoms with Crippen LogP contribution in [0.25, 0.3) is 0 Å². The lowest BCUT2D eigenvalue weighted by Crippen LogP contribution is -2.51. The molecule has 2 aromatic carbocycles. The third-order valence-electron chi connectivity index (χ3n) is 4.40. The molecular weight excluding hydrogens is 326 g/mol. The van der Waals surface area contributed by atoms with Crippen LogP contribution in [0.4, 0.5) is 8.78 Å². The van der Waals surface area contributed by atoms with Crippen molar-refractivity contribution in [1.29, 1.82) is 0 Å². The fourth-order valence-electron chi connectivity index (χ4n) is 2.99. The second kappa shape index (κ2) is 8.52. The molecule has 5 heteroatoms. The van der Waals surface area contributed by atoms with Crippen LogP contribution in [0.5, 0.6) is 0 Å². The summed E-state index contributed by atoms with van der Waals surface area (Å²) in [6.45, 7) is 0.601. The van der Waals surface area contributed by atoms with Crippen molar-refractivity contribution in [2.75, 3.05) is 13.2 Å². The molecule has 0 saturated carbocycles. The molecule has 1 aliphatic heterocycles. The topological polar surface area (TPSA) is 27.7 Å². The molecule has 1 heterocycles. The summed E-state index contributed by atoms with van der Waals surface area (Å²) in [7, 11) is 0. The highest BCUT2D eigenvalue weighted by atomic mass is 19.3. The van der Waals surface area contributed by atoms with Gasteiger partial charge in [0.15, 0.2) is 5.60 Å². The highest BCUT2D eigenvalue weighted by Crippen LogP contribution is 2.35. The van der Waals surface area contributed by atoms with Crippen LogP contribution in [0.15, 0.2) is 60.7 Å². The van der Waals surface area contributed by atoms with Crippen molar-refractivity contribution in [3.63, 3.8) is 0 Å². The number of halogens is 2. The number of benzene rings is 2. The van der Waals surface area contributed by atoms with Crippen LogP contribution in [0.1, 0.15) is 17.5 Å². The van der Waals surface area contributed by atoms with Crippen LogP contribution >= 0.6 is 0 Å². The Balaban J connectivity index is 1.61. The molecular formula is C20H22F2O3. The Bertz CT molecular complexity index is 636.